The van der Waals surface area contributed by atoms with Crippen LogP contribution in [-0.2, 0) is 6.54 Å². The molecule has 110 valence electrons. The zero-order chi connectivity index (χ0) is 14.8. The van der Waals surface area contributed by atoms with Crippen molar-refractivity contribution in [3.8, 4) is 0 Å². The Bertz CT molecular complexity index is 629. The van der Waals surface area contributed by atoms with Gasteiger partial charge in [0.05, 0.1) is 6.54 Å². The molecule has 1 aliphatic carbocycles. The smallest absolute Gasteiger partial charge is 0.177 e. The Balaban J connectivity index is 1.71. The monoisotopic (exact) mass is 299 g/mol. The zero-order valence-electron chi connectivity index (χ0n) is 12.6. The van der Waals surface area contributed by atoms with E-state index in [4.69, 9.17) is 0 Å². The molecule has 0 aliphatic heterocycles. The van der Waals surface area contributed by atoms with E-state index in [2.05, 4.69) is 34.7 Å². The molecule has 3 heteroatoms. The molecule has 0 amide bonds. The van der Waals surface area contributed by atoms with Crippen molar-refractivity contribution < 1.29 is 4.79 Å². The lowest BCUT2D eigenvalue weighted by Crippen LogP contribution is -2.31. The van der Waals surface area contributed by atoms with Gasteiger partial charge in [-0.15, -0.1) is 0 Å². The molecule has 1 saturated carbocycles. The van der Waals surface area contributed by atoms with Gasteiger partial charge in [-0.2, -0.15) is 11.3 Å². The summed E-state index contributed by atoms with van der Waals surface area (Å²) in [7, 11) is 0. The van der Waals surface area contributed by atoms with Gasteiger partial charge in [-0.25, -0.2) is 0 Å². The number of benzene rings is 1. The van der Waals surface area contributed by atoms with Crippen LogP contribution in [0.15, 0.2) is 35.0 Å². The number of hydrogen-bond donors (Lipinski definition) is 0. The lowest BCUT2D eigenvalue weighted by molar-refractivity contribution is 0.0918. The topological polar surface area (TPSA) is 20.3 Å². The van der Waals surface area contributed by atoms with Gasteiger partial charge in [-0.05, 0) is 54.6 Å². The van der Waals surface area contributed by atoms with E-state index in [0.29, 0.717) is 12.6 Å². The van der Waals surface area contributed by atoms with E-state index in [-0.39, 0.29) is 5.78 Å². The van der Waals surface area contributed by atoms with Crippen LogP contribution >= 0.6 is 11.3 Å². The van der Waals surface area contributed by atoms with Gasteiger partial charge in [0.15, 0.2) is 5.78 Å². The molecule has 0 bridgehead atoms. The molecule has 1 aliphatic rings. The fourth-order valence-electron chi connectivity index (χ4n) is 2.77. The first-order valence-electron chi connectivity index (χ1n) is 7.49. The number of hydrogen-bond acceptors (Lipinski definition) is 3. The average molecular weight is 299 g/mol. The highest BCUT2D eigenvalue weighted by molar-refractivity contribution is 7.07. The summed E-state index contributed by atoms with van der Waals surface area (Å²) in [5, 5.41) is 4.28. The van der Waals surface area contributed by atoms with E-state index in [9.17, 15) is 4.79 Å². The molecule has 0 radical (unpaired) electrons. The van der Waals surface area contributed by atoms with Crippen LogP contribution in [0.2, 0.25) is 0 Å². The Morgan fingerprint density at radius 3 is 2.71 bits per heavy atom. The maximum absolute atomic E-state index is 12.6. The molecule has 1 heterocycles. The highest BCUT2D eigenvalue weighted by atomic mass is 32.1. The number of thiophene rings is 1. The second kappa shape index (κ2) is 6.12. The third kappa shape index (κ3) is 3.60. The molecule has 2 nitrogen and oxygen atoms in total. The first-order valence-corrected chi connectivity index (χ1v) is 8.43. The van der Waals surface area contributed by atoms with E-state index in [1.54, 1.807) is 11.3 Å². The van der Waals surface area contributed by atoms with Gasteiger partial charge in [0, 0.05) is 18.2 Å². The number of carbonyl (C=O) groups is 1. The first kappa shape index (κ1) is 14.5. The highest BCUT2D eigenvalue weighted by Crippen LogP contribution is 2.29. The summed E-state index contributed by atoms with van der Waals surface area (Å²) in [5.41, 5.74) is 4.49. The predicted molar refractivity (Wildman–Crippen MR) is 88.0 cm³/mol. The van der Waals surface area contributed by atoms with Gasteiger partial charge < -0.3 is 0 Å². The van der Waals surface area contributed by atoms with E-state index in [0.717, 1.165) is 17.7 Å². The zero-order valence-corrected chi connectivity index (χ0v) is 13.5. The molecule has 21 heavy (non-hydrogen) atoms. The summed E-state index contributed by atoms with van der Waals surface area (Å²) in [6, 6.07) is 8.85. The fraction of sp³-hybridized carbons (Fsp3) is 0.389. The van der Waals surface area contributed by atoms with E-state index < -0.39 is 0 Å². The van der Waals surface area contributed by atoms with E-state index in [1.165, 1.54) is 24.0 Å². The molecule has 1 aromatic carbocycles. The molecule has 0 N–H and O–H groups in total. The van der Waals surface area contributed by atoms with Crippen molar-refractivity contribution in [3.05, 3.63) is 57.3 Å². The minimum atomic E-state index is 0.245. The molecule has 0 spiro atoms. The summed E-state index contributed by atoms with van der Waals surface area (Å²) in [5.74, 6) is 0.245. The SMILES string of the molecule is Cc1ccc(C(=O)CN(Cc2ccsc2)C2CC2)c(C)c1. The van der Waals surface area contributed by atoms with Crippen molar-refractivity contribution in [3.63, 3.8) is 0 Å². The first-order chi connectivity index (χ1) is 10.1. The van der Waals surface area contributed by atoms with Crippen LogP contribution in [0.4, 0.5) is 0 Å². The Morgan fingerprint density at radius 1 is 1.29 bits per heavy atom. The standard InChI is InChI=1S/C18H21NOS/c1-13-3-6-17(14(2)9-13)18(20)11-19(16-4-5-16)10-15-7-8-21-12-15/h3,6-9,12,16H,4-5,10-11H2,1-2H3. The minimum absolute atomic E-state index is 0.245. The van der Waals surface area contributed by atoms with Crippen molar-refractivity contribution in [2.45, 2.75) is 39.3 Å². The van der Waals surface area contributed by atoms with Crippen LogP contribution < -0.4 is 0 Å². The summed E-state index contributed by atoms with van der Waals surface area (Å²) >= 11 is 1.72. The largest absolute Gasteiger partial charge is 0.293 e. The third-order valence-corrected chi connectivity index (χ3v) is 4.79. The number of ketones is 1. The van der Waals surface area contributed by atoms with Crippen LogP contribution in [0.1, 0.15) is 39.9 Å². The van der Waals surface area contributed by atoms with E-state index >= 15 is 0 Å². The quantitative estimate of drug-likeness (QED) is 0.745. The molecule has 0 atom stereocenters. The Labute approximate surface area is 130 Å². The van der Waals surface area contributed by atoms with Crippen molar-refractivity contribution in [1.29, 1.82) is 0 Å². The normalized spacial score (nSPS) is 14.6. The number of Topliss-reactive ketones (excluding diaryl/α,β-unsaturated/α-hetero) is 1. The maximum Gasteiger partial charge on any atom is 0.177 e. The van der Waals surface area contributed by atoms with Gasteiger partial charge >= 0.3 is 0 Å². The molecular weight excluding hydrogens is 278 g/mol. The third-order valence-electron chi connectivity index (χ3n) is 4.06. The van der Waals surface area contributed by atoms with Crippen LogP contribution in [0.3, 0.4) is 0 Å². The van der Waals surface area contributed by atoms with Crippen molar-refractivity contribution in [2.24, 2.45) is 0 Å². The average Bonchev–Trinajstić information content (AvgIpc) is 3.16. The maximum atomic E-state index is 12.6. The number of aryl methyl sites for hydroxylation is 2. The van der Waals surface area contributed by atoms with Gasteiger partial charge in [-0.1, -0.05) is 23.8 Å². The second-order valence-corrected chi connectivity index (χ2v) is 6.79. The van der Waals surface area contributed by atoms with Gasteiger partial charge in [0.2, 0.25) is 0 Å². The van der Waals surface area contributed by atoms with Gasteiger partial charge in [0.1, 0.15) is 0 Å². The number of rotatable bonds is 6. The van der Waals surface area contributed by atoms with Crippen molar-refractivity contribution in [1.82, 2.24) is 4.90 Å². The number of nitrogens with zero attached hydrogens (tertiary/aromatic N) is 1. The predicted octanol–water partition coefficient (Wildman–Crippen LogP) is 4.21. The molecule has 2 aromatic rings. The summed E-state index contributed by atoms with van der Waals surface area (Å²) < 4.78 is 0. The van der Waals surface area contributed by atoms with E-state index in [1.807, 2.05) is 19.1 Å². The van der Waals surface area contributed by atoms with Crippen molar-refractivity contribution >= 4 is 17.1 Å². The summed E-state index contributed by atoms with van der Waals surface area (Å²) in [4.78, 5) is 14.9. The molecule has 0 unspecified atom stereocenters. The lowest BCUT2D eigenvalue weighted by Gasteiger charge is -2.21. The lowest BCUT2D eigenvalue weighted by atomic mass is 10.0. The minimum Gasteiger partial charge on any atom is -0.293 e. The summed E-state index contributed by atoms with van der Waals surface area (Å²) in [6.45, 7) is 5.52. The van der Waals surface area contributed by atoms with Crippen LogP contribution in [0.5, 0.6) is 0 Å². The molecular formula is C18H21NOS. The molecule has 0 saturated heterocycles. The number of carbonyl (C=O) groups excluding carboxylic acids is 1. The fourth-order valence-corrected chi connectivity index (χ4v) is 3.43. The Morgan fingerprint density at radius 2 is 2.10 bits per heavy atom. The Kier molecular flexibility index (Phi) is 4.22. The molecule has 1 fully saturated rings. The van der Waals surface area contributed by atoms with Crippen molar-refractivity contribution in [2.75, 3.05) is 6.54 Å². The second-order valence-electron chi connectivity index (χ2n) is 6.01. The highest BCUT2D eigenvalue weighted by Gasteiger charge is 2.30. The summed E-state index contributed by atoms with van der Waals surface area (Å²) in [6.07, 6.45) is 2.45. The molecule has 3 rings (SSSR count). The van der Waals surface area contributed by atoms with Crippen LogP contribution in [-0.4, -0.2) is 23.3 Å². The van der Waals surface area contributed by atoms with Crippen LogP contribution in [0.25, 0.3) is 0 Å². The Hall–Kier alpha value is -1.45. The van der Waals surface area contributed by atoms with Gasteiger partial charge in [0.25, 0.3) is 0 Å². The molecule has 1 aromatic heterocycles. The van der Waals surface area contributed by atoms with Crippen LogP contribution in [0, 0.1) is 13.8 Å². The van der Waals surface area contributed by atoms with Gasteiger partial charge in [-0.3, -0.25) is 9.69 Å².